The lowest BCUT2D eigenvalue weighted by Crippen LogP contribution is -2.53. The van der Waals surface area contributed by atoms with Crippen molar-refractivity contribution >= 4 is 18.4 Å². The number of halogens is 2. The lowest BCUT2D eigenvalue weighted by atomic mass is 10.0. The fourth-order valence-electron chi connectivity index (χ4n) is 4.51. The maximum Gasteiger partial charge on any atom is 0.263 e. The summed E-state index contributed by atoms with van der Waals surface area (Å²) >= 11 is 0. The molecule has 1 fully saturated rings. The van der Waals surface area contributed by atoms with Gasteiger partial charge in [0.2, 0.25) is 5.95 Å². The van der Waals surface area contributed by atoms with Gasteiger partial charge in [-0.1, -0.05) is 42.5 Å². The quantitative estimate of drug-likeness (QED) is 0.455. The third kappa shape index (κ3) is 5.26. The van der Waals surface area contributed by atoms with Crippen LogP contribution in [0.3, 0.4) is 0 Å². The molecule has 1 N–H and O–H groups in total. The molecule has 1 aliphatic rings. The Morgan fingerprint density at radius 3 is 2.43 bits per heavy atom. The molecule has 0 amide bonds. The highest BCUT2D eigenvalue weighted by atomic mass is 35.5. The standard InChI is InChI=1S/C27H26FN5O.ClH/c1-32-26(34)24(20-7-9-22(28)10-8-20)25(21-11-13-29-14-12-21)31-27(32)33-16-15-30-23(18-33)17-19-5-3-2-4-6-19;/h2-14,23,30H,15-18H2,1H3;1H/t23-;/m0./s1. The van der Waals surface area contributed by atoms with Gasteiger partial charge in [-0.3, -0.25) is 14.3 Å². The van der Waals surface area contributed by atoms with Crippen molar-refractivity contribution < 1.29 is 4.39 Å². The summed E-state index contributed by atoms with van der Waals surface area (Å²) in [6, 6.07) is 20.3. The summed E-state index contributed by atoms with van der Waals surface area (Å²) in [4.78, 5) is 24.9. The molecule has 6 nitrogen and oxygen atoms in total. The molecule has 8 heteroatoms. The first-order valence-electron chi connectivity index (χ1n) is 11.4. The summed E-state index contributed by atoms with van der Waals surface area (Å²) < 4.78 is 15.2. The van der Waals surface area contributed by atoms with Crippen LogP contribution in [0.4, 0.5) is 10.3 Å². The number of pyridine rings is 1. The van der Waals surface area contributed by atoms with E-state index < -0.39 is 0 Å². The number of piperazine rings is 1. The van der Waals surface area contributed by atoms with E-state index in [-0.39, 0.29) is 29.8 Å². The molecule has 3 heterocycles. The Labute approximate surface area is 209 Å². The first-order chi connectivity index (χ1) is 16.6. The number of anilines is 1. The van der Waals surface area contributed by atoms with Crippen LogP contribution >= 0.6 is 12.4 Å². The van der Waals surface area contributed by atoms with Crippen LogP contribution in [0.1, 0.15) is 5.56 Å². The molecule has 0 spiro atoms. The molecular weight excluding hydrogens is 465 g/mol. The van der Waals surface area contributed by atoms with E-state index in [1.807, 2.05) is 18.2 Å². The van der Waals surface area contributed by atoms with E-state index in [4.69, 9.17) is 4.98 Å². The predicted molar refractivity (Wildman–Crippen MR) is 140 cm³/mol. The minimum Gasteiger partial charge on any atom is -0.339 e. The molecule has 0 bridgehead atoms. The summed E-state index contributed by atoms with van der Waals surface area (Å²) in [5.41, 5.74) is 3.56. The van der Waals surface area contributed by atoms with Gasteiger partial charge in [-0.2, -0.15) is 0 Å². The first kappa shape index (κ1) is 24.6. The maximum absolute atomic E-state index is 13.7. The molecule has 35 heavy (non-hydrogen) atoms. The van der Waals surface area contributed by atoms with Crippen LogP contribution in [-0.2, 0) is 13.5 Å². The molecule has 0 saturated carbocycles. The van der Waals surface area contributed by atoms with Crippen molar-refractivity contribution in [2.24, 2.45) is 7.05 Å². The molecule has 5 rings (SSSR count). The molecule has 0 unspecified atom stereocenters. The average molecular weight is 492 g/mol. The number of benzene rings is 2. The van der Waals surface area contributed by atoms with Crippen LogP contribution in [0.25, 0.3) is 22.4 Å². The third-order valence-electron chi connectivity index (χ3n) is 6.22. The number of hydrogen-bond acceptors (Lipinski definition) is 5. The van der Waals surface area contributed by atoms with Gasteiger partial charge in [-0.05, 0) is 41.8 Å². The second-order valence-corrected chi connectivity index (χ2v) is 8.53. The van der Waals surface area contributed by atoms with E-state index in [0.717, 1.165) is 31.6 Å². The van der Waals surface area contributed by atoms with Gasteiger partial charge in [-0.25, -0.2) is 9.37 Å². The van der Waals surface area contributed by atoms with E-state index in [0.29, 0.717) is 22.8 Å². The Morgan fingerprint density at radius 2 is 1.71 bits per heavy atom. The van der Waals surface area contributed by atoms with Crippen molar-refractivity contribution in [1.29, 1.82) is 0 Å². The number of aromatic nitrogens is 3. The van der Waals surface area contributed by atoms with Crippen LogP contribution in [-0.4, -0.2) is 40.2 Å². The number of hydrogen-bond donors (Lipinski definition) is 1. The molecular formula is C27H27ClFN5O. The van der Waals surface area contributed by atoms with Crippen molar-refractivity contribution in [2.75, 3.05) is 24.5 Å². The van der Waals surface area contributed by atoms with Crippen LogP contribution < -0.4 is 15.8 Å². The summed E-state index contributed by atoms with van der Waals surface area (Å²) in [7, 11) is 1.75. The van der Waals surface area contributed by atoms with Crippen molar-refractivity contribution in [1.82, 2.24) is 19.9 Å². The minimum absolute atomic E-state index is 0. The van der Waals surface area contributed by atoms with Crippen LogP contribution in [0, 0.1) is 5.82 Å². The van der Waals surface area contributed by atoms with Crippen molar-refractivity contribution in [3.8, 4) is 22.4 Å². The number of nitrogens with zero attached hydrogens (tertiary/aromatic N) is 4. The molecule has 1 aliphatic heterocycles. The molecule has 2 aromatic heterocycles. The van der Waals surface area contributed by atoms with Gasteiger partial charge >= 0.3 is 0 Å². The normalized spacial score (nSPS) is 15.5. The largest absolute Gasteiger partial charge is 0.339 e. The Balaban J connectivity index is 0.00000289. The van der Waals surface area contributed by atoms with Crippen molar-refractivity contribution in [3.63, 3.8) is 0 Å². The summed E-state index contributed by atoms with van der Waals surface area (Å²) in [5.74, 6) is 0.281. The zero-order chi connectivity index (χ0) is 23.5. The molecule has 1 saturated heterocycles. The molecule has 1 atom stereocenters. The van der Waals surface area contributed by atoms with Gasteiger partial charge in [0, 0.05) is 50.7 Å². The fraction of sp³-hybridized carbons (Fsp3) is 0.222. The van der Waals surface area contributed by atoms with E-state index in [1.165, 1.54) is 17.7 Å². The van der Waals surface area contributed by atoms with Gasteiger partial charge in [0.1, 0.15) is 5.82 Å². The van der Waals surface area contributed by atoms with Crippen LogP contribution in [0.15, 0.2) is 83.9 Å². The highest BCUT2D eigenvalue weighted by molar-refractivity contribution is 5.85. The Hall–Kier alpha value is -3.55. The molecule has 0 radical (unpaired) electrons. The van der Waals surface area contributed by atoms with E-state index in [9.17, 15) is 9.18 Å². The summed E-state index contributed by atoms with van der Waals surface area (Å²) in [6.07, 6.45) is 4.27. The van der Waals surface area contributed by atoms with Crippen molar-refractivity contribution in [3.05, 3.63) is 101 Å². The molecule has 180 valence electrons. The topological polar surface area (TPSA) is 63.1 Å². The van der Waals surface area contributed by atoms with E-state index in [1.54, 1.807) is 36.1 Å². The van der Waals surface area contributed by atoms with Crippen LogP contribution in [0.5, 0.6) is 0 Å². The molecule has 0 aliphatic carbocycles. The average Bonchev–Trinajstić information content (AvgIpc) is 2.87. The first-order valence-corrected chi connectivity index (χ1v) is 11.4. The van der Waals surface area contributed by atoms with Gasteiger partial charge in [0.15, 0.2) is 0 Å². The number of nitrogens with one attached hydrogen (secondary N) is 1. The third-order valence-corrected chi connectivity index (χ3v) is 6.22. The highest BCUT2D eigenvalue weighted by Crippen LogP contribution is 2.30. The van der Waals surface area contributed by atoms with Gasteiger partial charge < -0.3 is 10.2 Å². The Kier molecular flexibility index (Phi) is 7.58. The smallest absolute Gasteiger partial charge is 0.263 e. The molecule has 4 aromatic rings. The monoisotopic (exact) mass is 491 g/mol. The van der Waals surface area contributed by atoms with E-state index >= 15 is 0 Å². The van der Waals surface area contributed by atoms with Gasteiger partial charge in [0.05, 0.1) is 11.3 Å². The zero-order valence-electron chi connectivity index (χ0n) is 19.4. The predicted octanol–water partition coefficient (Wildman–Crippen LogP) is 4.09. The van der Waals surface area contributed by atoms with Crippen molar-refractivity contribution in [2.45, 2.75) is 12.5 Å². The number of rotatable bonds is 5. The lowest BCUT2D eigenvalue weighted by Gasteiger charge is -2.35. The van der Waals surface area contributed by atoms with Gasteiger partial charge in [0.25, 0.3) is 5.56 Å². The maximum atomic E-state index is 13.7. The minimum atomic E-state index is -0.346. The second kappa shape index (κ2) is 10.8. The highest BCUT2D eigenvalue weighted by Gasteiger charge is 2.25. The Bertz CT molecular complexity index is 1330. The SMILES string of the molecule is Cl.Cn1c(N2CCN[C@@H](Cc3ccccc3)C2)nc(-c2ccncc2)c(-c2ccc(F)cc2)c1=O. The second-order valence-electron chi connectivity index (χ2n) is 8.53. The fourth-order valence-corrected chi connectivity index (χ4v) is 4.51. The van der Waals surface area contributed by atoms with Crippen LogP contribution in [0.2, 0.25) is 0 Å². The van der Waals surface area contributed by atoms with Gasteiger partial charge in [-0.15, -0.1) is 12.4 Å². The lowest BCUT2D eigenvalue weighted by molar-refractivity contribution is 0.446. The molecule has 2 aromatic carbocycles. The zero-order valence-corrected chi connectivity index (χ0v) is 20.2. The Morgan fingerprint density at radius 1 is 1.00 bits per heavy atom. The summed E-state index contributed by atoms with van der Waals surface area (Å²) in [5, 5.41) is 3.59. The van der Waals surface area contributed by atoms with E-state index in [2.05, 4.69) is 39.5 Å². The summed E-state index contributed by atoms with van der Waals surface area (Å²) in [6.45, 7) is 2.29.